The van der Waals surface area contributed by atoms with Crippen molar-refractivity contribution in [2.75, 3.05) is 33.3 Å². The first kappa shape index (κ1) is 15.3. The van der Waals surface area contributed by atoms with E-state index in [0.717, 1.165) is 25.2 Å². The molecule has 7 heteroatoms. The molecule has 0 bridgehead atoms. The van der Waals surface area contributed by atoms with E-state index in [0.29, 0.717) is 18.7 Å². The van der Waals surface area contributed by atoms with Crippen molar-refractivity contribution in [3.05, 3.63) is 42.2 Å². The maximum atomic E-state index is 13.0. The summed E-state index contributed by atoms with van der Waals surface area (Å²) in [7, 11) is 2.10. The average molecular weight is 327 g/mol. The van der Waals surface area contributed by atoms with Gasteiger partial charge in [-0.2, -0.15) is 0 Å². The highest BCUT2D eigenvalue weighted by Crippen LogP contribution is 2.24. The third-order valence-corrected chi connectivity index (χ3v) is 4.85. The Balaban J connectivity index is 1.54. The van der Waals surface area contributed by atoms with Crippen molar-refractivity contribution in [1.29, 1.82) is 0 Å². The summed E-state index contributed by atoms with van der Waals surface area (Å²) >= 11 is 0. The molecule has 0 N–H and O–H groups in total. The van der Waals surface area contributed by atoms with E-state index >= 15 is 0 Å². The van der Waals surface area contributed by atoms with Crippen LogP contribution in [0.25, 0.3) is 5.69 Å². The second kappa shape index (κ2) is 6.33. The van der Waals surface area contributed by atoms with Gasteiger partial charge in [0.2, 0.25) is 0 Å². The molecule has 0 saturated carbocycles. The molecular formula is C17H21N5O2. The summed E-state index contributed by atoms with van der Waals surface area (Å²) in [5.41, 5.74) is 1.59. The number of amides is 1. The molecule has 1 aromatic carbocycles. The van der Waals surface area contributed by atoms with E-state index in [1.807, 2.05) is 29.2 Å². The first-order valence-electron chi connectivity index (χ1n) is 8.30. The molecule has 0 aliphatic carbocycles. The summed E-state index contributed by atoms with van der Waals surface area (Å²) < 4.78 is 7.55. The molecule has 4 rings (SSSR count). The predicted octanol–water partition coefficient (Wildman–Crippen LogP) is 0.812. The van der Waals surface area contributed by atoms with Crippen LogP contribution >= 0.6 is 0 Å². The summed E-state index contributed by atoms with van der Waals surface area (Å²) in [5.74, 6) is 0.0775. The lowest BCUT2D eigenvalue weighted by atomic mass is 9.98. The molecule has 2 unspecified atom stereocenters. The number of carbonyl (C=O) groups excluding carboxylic acids is 1. The number of morpholine rings is 1. The van der Waals surface area contributed by atoms with E-state index in [1.165, 1.54) is 0 Å². The van der Waals surface area contributed by atoms with E-state index in [4.69, 9.17) is 4.74 Å². The predicted molar refractivity (Wildman–Crippen MR) is 88.0 cm³/mol. The largest absolute Gasteiger partial charge is 0.374 e. The van der Waals surface area contributed by atoms with Crippen LogP contribution in [0.5, 0.6) is 0 Å². The fraction of sp³-hybridized carbons (Fsp3) is 0.471. The number of rotatable bonds is 2. The van der Waals surface area contributed by atoms with Crippen LogP contribution in [-0.2, 0) is 4.74 Å². The summed E-state index contributed by atoms with van der Waals surface area (Å²) in [6.07, 6.45) is 4.55. The molecule has 126 valence electrons. The molecule has 2 atom stereocenters. The SMILES string of the molecule is CN1CCC2OCCN(C(=O)c3ccc(-n4ccnn4)cc3)C2C1. The quantitative estimate of drug-likeness (QED) is 0.817. The molecule has 7 nitrogen and oxygen atoms in total. The van der Waals surface area contributed by atoms with Crippen molar-refractivity contribution in [3.63, 3.8) is 0 Å². The minimum absolute atomic E-state index is 0.0775. The van der Waals surface area contributed by atoms with Crippen LogP contribution in [0.1, 0.15) is 16.8 Å². The van der Waals surface area contributed by atoms with Crippen LogP contribution in [0.15, 0.2) is 36.7 Å². The Labute approximate surface area is 140 Å². The van der Waals surface area contributed by atoms with Gasteiger partial charge in [0.05, 0.1) is 36.8 Å². The molecule has 2 saturated heterocycles. The van der Waals surface area contributed by atoms with Crippen molar-refractivity contribution >= 4 is 5.91 Å². The number of fused-ring (bicyclic) bond motifs is 1. The number of hydrogen-bond donors (Lipinski definition) is 0. The van der Waals surface area contributed by atoms with Crippen LogP contribution in [-0.4, -0.2) is 76.1 Å². The van der Waals surface area contributed by atoms with E-state index in [2.05, 4.69) is 22.3 Å². The van der Waals surface area contributed by atoms with Crippen LogP contribution in [0.2, 0.25) is 0 Å². The van der Waals surface area contributed by atoms with E-state index in [1.54, 1.807) is 17.1 Å². The molecule has 1 aromatic heterocycles. The maximum Gasteiger partial charge on any atom is 0.254 e. The van der Waals surface area contributed by atoms with Gasteiger partial charge in [-0.3, -0.25) is 4.79 Å². The lowest BCUT2D eigenvalue weighted by Crippen LogP contribution is -2.60. The lowest BCUT2D eigenvalue weighted by Gasteiger charge is -2.46. The van der Waals surface area contributed by atoms with Gasteiger partial charge < -0.3 is 14.5 Å². The Bertz CT molecular complexity index is 700. The summed E-state index contributed by atoms with van der Waals surface area (Å²) in [4.78, 5) is 17.2. The Hall–Kier alpha value is -2.25. The number of ether oxygens (including phenoxy) is 1. The maximum absolute atomic E-state index is 13.0. The third-order valence-electron chi connectivity index (χ3n) is 4.85. The number of nitrogens with zero attached hydrogens (tertiary/aromatic N) is 5. The molecule has 2 aliphatic rings. The minimum atomic E-state index is 0.0775. The topological polar surface area (TPSA) is 63.5 Å². The van der Waals surface area contributed by atoms with E-state index in [9.17, 15) is 4.79 Å². The highest BCUT2D eigenvalue weighted by molar-refractivity contribution is 5.94. The zero-order valence-corrected chi connectivity index (χ0v) is 13.7. The standard InChI is InChI=1S/C17H21N5O2/c1-20-8-6-16-15(12-20)21(10-11-24-16)17(23)13-2-4-14(5-3-13)22-9-7-18-19-22/h2-5,7,9,15-16H,6,8,10-12H2,1H3. The van der Waals surface area contributed by atoms with Gasteiger partial charge in [-0.25, -0.2) is 4.68 Å². The van der Waals surface area contributed by atoms with Crippen molar-refractivity contribution in [2.45, 2.75) is 18.6 Å². The van der Waals surface area contributed by atoms with Gasteiger partial charge in [-0.1, -0.05) is 5.21 Å². The Kier molecular flexibility index (Phi) is 4.03. The molecule has 2 fully saturated rings. The van der Waals surface area contributed by atoms with Crippen molar-refractivity contribution in [3.8, 4) is 5.69 Å². The number of likely N-dealkylation sites (tertiary alicyclic amines) is 1. The number of carbonyl (C=O) groups is 1. The van der Waals surface area contributed by atoms with Gasteiger partial charge in [0.1, 0.15) is 0 Å². The molecule has 24 heavy (non-hydrogen) atoms. The molecule has 2 aliphatic heterocycles. The van der Waals surface area contributed by atoms with Gasteiger partial charge in [0, 0.05) is 25.2 Å². The van der Waals surface area contributed by atoms with Crippen LogP contribution in [0.3, 0.4) is 0 Å². The van der Waals surface area contributed by atoms with Crippen molar-refractivity contribution in [1.82, 2.24) is 24.8 Å². The van der Waals surface area contributed by atoms with Crippen molar-refractivity contribution < 1.29 is 9.53 Å². The van der Waals surface area contributed by atoms with Crippen molar-refractivity contribution in [2.24, 2.45) is 0 Å². The summed E-state index contributed by atoms with van der Waals surface area (Å²) in [6, 6.07) is 7.65. The number of piperidine rings is 1. The first-order valence-corrected chi connectivity index (χ1v) is 8.30. The second-order valence-corrected chi connectivity index (χ2v) is 6.42. The summed E-state index contributed by atoms with van der Waals surface area (Å²) in [5, 5.41) is 7.76. The van der Waals surface area contributed by atoms with Crippen LogP contribution in [0, 0.1) is 0 Å². The molecular weight excluding hydrogens is 306 g/mol. The van der Waals surface area contributed by atoms with E-state index in [-0.39, 0.29) is 18.1 Å². The fourth-order valence-corrected chi connectivity index (χ4v) is 3.55. The Morgan fingerprint density at radius 3 is 2.83 bits per heavy atom. The van der Waals surface area contributed by atoms with Gasteiger partial charge in [-0.15, -0.1) is 5.10 Å². The van der Waals surface area contributed by atoms with Crippen LogP contribution in [0.4, 0.5) is 0 Å². The Morgan fingerprint density at radius 1 is 1.25 bits per heavy atom. The van der Waals surface area contributed by atoms with E-state index < -0.39 is 0 Å². The van der Waals surface area contributed by atoms with Crippen LogP contribution < -0.4 is 0 Å². The fourth-order valence-electron chi connectivity index (χ4n) is 3.55. The number of likely N-dealkylation sites (N-methyl/N-ethyl adjacent to an activating group) is 1. The van der Waals surface area contributed by atoms with Gasteiger partial charge >= 0.3 is 0 Å². The molecule has 3 heterocycles. The average Bonchev–Trinajstić information content (AvgIpc) is 3.15. The number of aromatic nitrogens is 3. The Morgan fingerprint density at radius 2 is 2.08 bits per heavy atom. The molecule has 0 radical (unpaired) electrons. The first-order chi connectivity index (χ1) is 11.7. The molecule has 2 aromatic rings. The monoisotopic (exact) mass is 327 g/mol. The number of hydrogen-bond acceptors (Lipinski definition) is 5. The highest BCUT2D eigenvalue weighted by atomic mass is 16.5. The minimum Gasteiger partial charge on any atom is -0.374 e. The zero-order valence-electron chi connectivity index (χ0n) is 13.7. The molecule has 0 spiro atoms. The normalized spacial score (nSPS) is 24.6. The van der Waals surface area contributed by atoms with Gasteiger partial charge in [0.25, 0.3) is 5.91 Å². The second-order valence-electron chi connectivity index (χ2n) is 6.42. The highest BCUT2D eigenvalue weighted by Gasteiger charge is 2.38. The molecule has 1 amide bonds. The zero-order chi connectivity index (χ0) is 16.5. The number of benzene rings is 1. The lowest BCUT2D eigenvalue weighted by molar-refractivity contribution is -0.0869. The van der Waals surface area contributed by atoms with Gasteiger partial charge in [-0.05, 0) is 37.7 Å². The summed E-state index contributed by atoms with van der Waals surface area (Å²) in [6.45, 7) is 3.16. The smallest absolute Gasteiger partial charge is 0.254 e. The van der Waals surface area contributed by atoms with Gasteiger partial charge in [0.15, 0.2) is 0 Å². The third kappa shape index (κ3) is 2.81.